The van der Waals surface area contributed by atoms with Crippen LogP contribution in [0.1, 0.15) is 18.4 Å². The zero-order valence-corrected chi connectivity index (χ0v) is 15.2. The van der Waals surface area contributed by atoms with Crippen molar-refractivity contribution in [2.75, 3.05) is 52.6 Å². The second kappa shape index (κ2) is 7.82. The van der Waals surface area contributed by atoms with Crippen LogP contribution >= 0.6 is 0 Å². The third kappa shape index (κ3) is 4.11. The lowest BCUT2D eigenvalue weighted by Crippen LogP contribution is -2.55. The summed E-state index contributed by atoms with van der Waals surface area (Å²) in [6.45, 7) is 7.92. The number of fused-ring (bicyclic) bond motifs is 1. The summed E-state index contributed by atoms with van der Waals surface area (Å²) in [6.07, 6.45) is 2.37. The summed E-state index contributed by atoms with van der Waals surface area (Å²) in [5.41, 5.74) is 6.63. The number of hydrogen-bond acceptors (Lipinski definition) is 6. The van der Waals surface area contributed by atoms with Crippen molar-refractivity contribution in [3.8, 4) is 11.5 Å². The molecule has 2 saturated heterocycles. The van der Waals surface area contributed by atoms with E-state index in [9.17, 15) is 4.79 Å². The van der Waals surface area contributed by atoms with Gasteiger partial charge in [0, 0.05) is 45.3 Å². The first-order valence-electron chi connectivity index (χ1n) is 9.53. The maximum atomic E-state index is 11.2. The van der Waals surface area contributed by atoms with Gasteiger partial charge in [-0.05, 0) is 37.1 Å². The molecular weight excluding hydrogens is 332 g/mol. The normalized spacial score (nSPS) is 24.7. The molecule has 1 aromatic carbocycles. The van der Waals surface area contributed by atoms with Crippen LogP contribution in [0.4, 0.5) is 0 Å². The minimum absolute atomic E-state index is 0.223. The van der Waals surface area contributed by atoms with E-state index in [-0.39, 0.29) is 5.91 Å². The zero-order chi connectivity index (χ0) is 17.9. The fourth-order valence-corrected chi connectivity index (χ4v) is 4.28. The van der Waals surface area contributed by atoms with Crippen LogP contribution in [-0.4, -0.2) is 79.3 Å². The van der Waals surface area contributed by atoms with E-state index < -0.39 is 0 Å². The van der Waals surface area contributed by atoms with Crippen molar-refractivity contribution in [3.05, 3.63) is 23.8 Å². The predicted molar refractivity (Wildman–Crippen MR) is 98.1 cm³/mol. The third-order valence-electron chi connectivity index (χ3n) is 5.63. The molecule has 0 radical (unpaired) electrons. The highest BCUT2D eigenvalue weighted by Crippen LogP contribution is 2.32. The van der Waals surface area contributed by atoms with E-state index >= 15 is 0 Å². The molecule has 142 valence electrons. The van der Waals surface area contributed by atoms with Crippen molar-refractivity contribution in [2.24, 2.45) is 5.73 Å². The highest BCUT2D eigenvalue weighted by Gasteiger charge is 2.28. The van der Waals surface area contributed by atoms with E-state index in [2.05, 4.69) is 26.8 Å². The van der Waals surface area contributed by atoms with E-state index in [0.717, 1.165) is 63.7 Å². The van der Waals surface area contributed by atoms with Gasteiger partial charge in [0.25, 0.3) is 0 Å². The predicted octanol–water partition coefficient (Wildman–Crippen LogP) is 0.483. The first-order chi connectivity index (χ1) is 12.7. The number of piperazine rings is 1. The topological polar surface area (TPSA) is 71.3 Å². The Hall–Kier alpha value is -1.83. The van der Waals surface area contributed by atoms with Crippen LogP contribution in [0, 0.1) is 0 Å². The number of piperidine rings is 1. The molecule has 0 aliphatic carbocycles. The molecule has 2 fully saturated rings. The van der Waals surface area contributed by atoms with Gasteiger partial charge in [-0.15, -0.1) is 0 Å². The van der Waals surface area contributed by atoms with Crippen LogP contribution in [0.25, 0.3) is 0 Å². The molecule has 1 amide bonds. The van der Waals surface area contributed by atoms with Gasteiger partial charge in [-0.2, -0.15) is 0 Å². The fraction of sp³-hybridized carbons (Fsp3) is 0.632. The molecule has 0 spiro atoms. The van der Waals surface area contributed by atoms with Gasteiger partial charge in [-0.25, -0.2) is 0 Å². The molecule has 26 heavy (non-hydrogen) atoms. The van der Waals surface area contributed by atoms with Crippen molar-refractivity contribution >= 4 is 5.91 Å². The second-order valence-corrected chi connectivity index (χ2v) is 7.50. The standard InChI is InChI=1S/C19H28N4O3/c20-19(24)13-22-5-1-2-16(12-22)23-8-6-21(7-9-23)11-15-3-4-17-18(10-15)26-14-25-17/h3-4,10,16H,1-2,5-9,11-14H2,(H2,20,24)/t16-/m0/s1. The van der Waals surface area contributed by atoms with Gasteiger partial charge in [0.1, 0.15) is 0 Å². The van der Waals surface area contributed by atoms with Crippen LogP contribution in [0.2, 0.25) is 0 Å². The number of carbonyl (C=O) groups excluding carboxylic acids is 1. The molecule has 0 saturated carbocycles. The fourth-order valence-electron chi connectivity index (χ4n) is 4.28. The SMILES string of the molecule is NC(=O)CN1CCC[C@H](N2CCN(Cc3ccc4c(c3)OCO4)CC2)C1. The molecular formula is C19H28N4O3. The average molecular weight is 360 g/mol. The third-order valence-corrected chi connectivity index (χ3v) is 5.63. The van der Waals surface area contributed by atoms with E-state index in [1.165, 1.54) is 12.0 Å². The lowest BCUT2D eigenvalue weighted by molar-refractivity contribution is -0.119. The molecule has 0 bridgehead atoms. The molecule has 0 unspecified atom stereocenters. The highest BCUT2D eigenvalue weighted by molar-refractivity contribution is 5.75. The lowest BCUT2D eigenvalue weighted by atomic mass is 10.0. The number of amides is 1. The second-order valence-electron chi connectivity index (χ2n) is 7.50. The maximum absolute atomic E-state index is 11.2. The van der Waals surface area contributed by atoms with Crippen LogP contribution in [-0.2, 0) is 11.3 Å². The Bertz CT molecular complexity index is 646. The molecule has 0 aromatic heterocycles. The number of likely N-dealkylation sites (tertiary alicyclic amines) is 1. The summed E-state index contributed by atoms with van der Waals surface area (Å²) >= 11 is 0. The summed E-state index contributed by atoms with van der Waals surface area (Å²) in [5.74, 6) is 1.48. The number of benzene rings is 1. The number of ether oxygens (including phenoxy) is 2. The smallest absolute Gasteiger partial charge is 0.231 e. The van der Waals surface area contributed by atoms with Gasteiger partial charge >= 0.3 is 0 Å². The summed E-state index contributed by atoms with van der Waals surface area (Å²) in [7, 11) is 0. The highest BCUT2D eigenvalue weighted by atomic mass is 16.7. The molecule has 3 aliphatic rings. The number of nitrogens with two attached hydrogens (primary N) is 1. The van der Waals surface area contributed by atoms with Gasteiger partial charge in [-0.1, -0.05) is 6.07 Å². The van der Waals surface area contributed by atoms with Gasteiger partial charge in [0.05, 0.1) is 6.54 Å². The first kappa shape index (κ1) is 17.6. The molecule has 1 atom stereocenters. The number of rotatable bonds is 5. The van der Waals surface area contributed by atoms with Crippen molar-refractivity contribution < 1.29 is 14.3 Å². The van der Waals surface area contributed by atoms with Gasteiger partial charge < -0.3 is 15.2 Å². The van der Waals surface area contributed by atoms with Gasteiger partial charge in [0.15, 0.2) is 11.5 Å². The number of hydrogen-bond donors (Lipinski definition) is 1. The molecule has 2 N–H and O–H groups in total. The number of carbonyl (C=O) groups is 1. The van der Waals surface area contributed by atoms with Crippen molar-refractivity contribution in [2.45, 2.75) is 25.4 Å². The quantitative estimate of drug-likeness (QED) is 0.824. The lowest BCUT2D eigenvalue weighted by Gasteiger charge is -2.43. The minimum atomic E-state index is -0.223. The number of primary amides is 1. The Morgan fingerprint density at radius 3 is 2.69 bits per heavy atom. The molecule has 3 heterocycles. The van der Waals surface area contributed by atoms with E-state index in [0.29, 0.717) is 19.4 Å². The first-order valence-corrected chi connectivity index (χ1v) is 9.53. The van der Waals surface area contributed by atoms with E-state index in [1.807, 2.05) is 6.07 Å². The number of nitrogens with zero attached hydrogens (tertiary/aromatic N) is 3. The summed E-state index contributed by atoms with van der Waals surface area (Å²) in [6, 6.07) is 6.78. The van der Waals surface area contributed by atoms with Crippen LogP contribution in [0.15, 0.2) is 18.2 Å². The van der Waals surface area contributed by atoms with Gasteiger partial charge in [0.2, 0.25) is 12.7 Å². The molecule has 7 heteroatoms. The Balaban J connectivity index is 1.27. The molecule has 7 nitrogen and oxygen atoms in total. The van der Waals surface area contributed by atoms with E-state index in [4.69, 9.17) is 15.2 Å². The monoisotopic (exact) mass is 360 g/mol. The molecule has 4 rings (SSSR count). The van der Waals surface area contributed by atoms with Crippen LogP contribution in [0.3, 0.4) is 0 Å². The molecule has 1 aromatic rings. The Morgan fingerprint density at radius 2 is 1.88 bits per heavy atom. The van der Waals surface area contributed by atoms with Crippen LogP contribution < -0.4 is 15.2 Å². The summed E-state index contributed by atoms with van der Waals surface area (Å²) in [5, 5.41) is 0. The Kier molecular flexibility index (Phi) is 5.28. The van der Waals surface area contributed by atoms with Crippen molar-refractivity contribution in [1.29, 1.82) is 0 Å². The van der Waals surface area contributed by atoms with Crippen molar-refractivity contribution in [1.82, 2.24) is 14.7 Å². The summed E-state index contributed by atoms with van der Waals surface area (Å²) in [4.78, 5) is 18.5. The van der Waals surface area contributed by atoms with Crippen molar-refractivity contribution in [3.63, 3.8) is 0 Å². The summed E-state index contributed by atoms with van der Waals surface area (Å²) < 4.78 is 10.9. The Morgan fingerprint density at radius 1 is 1.08 bits per heavy atom. The molecule has 3 aliphatic heterocycles. The Labute approximate surface area is 154 Å². The minimum Gasteiger partial charge on any atom is -0.454 e. The zero-order valence-electron chi connectivity index (χ0n) is 15.2. The van der Waals surface area contributed by atoms with Crippen LogP contribution in [0.5, 0.6) is 11.5 Å². The van der Waals surface area contributed by atoms with E-state index in [1.54, 1.807) is 0 Å². The average Bonchev–Trinajstić information content (AvgIpc) is 3.10. The van der Waals surface area contributed by atoms with Gasteiger partial charge in [-0.3, -0.25) is 19.5 Å². The maximum Gasteiger partial charge on any atom is 0.231 e. The largest absolute Gasteiger partial charge is 0.454 e.